The molecule has 3 fully saturated rings. The number of amides is 1. The largest absolute Gasteiger partial charge is 0.352 e. The maximum Gasteiger partial charge on any atom is 0.234 e. The maximum atomic E-state index is 12.5. The molecule has 4 rings (SSSR count). The highest BCUT2D eigenvalue weighted by molar-refractivity contribution is 5.78. The van der Waals surface area contributed by atoms with Crippen molar-refractivity contribution in [2.75, 3.05) is 32.7 Å². The number of piperazine rings is 1. The first-order valence-electron chi connectivity index (χ1n) is 10.5. The molecule has 2 aliphatic carbocycles. The van der Waals surface area contributed by atoms with Crippen LogP contribution < -0.4 is 5.32 Å². The van der Waals surface area contributed by atoms with E-state index >= 15 is 0 Å². The molecule has 1 N–H and O–H groups in total. The summed E-state index contributed by atoms with van der Waals surface area (Å²) >= 11 is 0. The fourth-order valence-electron chi connectivity index (χ4n) is 5.46. The van der Waals surface area contributed by atoms with Gasteiger partial charge in [-0.25, -0.2) is 0 Å². The third kappa shape index (κ3) is 4.29. The van der Waals surface area contributed by atoms with Crippen LogP contribution in [0.2, 0.25) is 0 Å². The summed E-state index contributed by atoms with van der Waals surface area (Å²) in [4.78, 5) is 17.3. The van der Waals surface area contributed by atoms with Crippen LogP contribution in [0.15, 0.2) is 30.3 Å². The molecule has 4 atom stereocenters. The van der Waals surface area contributed by atoms with Gasteiger partial charge in [-0.15, -0.1) is 0 Å². The van der Waals surface area contributed by atoms with Gasteiger partial charge in [0.2, 0.25) is 5.91 Å². The van der Waals surface area contributed by atoms with Gasteiger partial charge < -0.3 is 5.32 Å². The van der Waals surface area contributed by atoms with Crippen LogP contribution in [0, 0.1) is 17.8 Å². The zero-order valence-electron chi connectivity index (χ0n) is 16.1. The SMILES string of the molecule is C[C@H](NC(=O)CN1CCN(Cc2ccccc2)CC1)[C@@H]1C[C@H]2CC[C@H]1C2. The van der Waals surface area contributed by atoms with Crippen LogP contribution in [0.1, 0.15) is 38.2 Å². The van der Waals surface area contributed by atoms with E-state index < -0.39 is 0 Å². The van der Waals surface area contributed by atoms with Gasteiger partial charge in [0.05, 0.1) is 6.54 Å². The second kappa shape index (κ2) is 8.10. The van der Waals surface area contributed by atoms with E-state index in [1.54, 1.807) is 0 Å². The lowest BCUT2D eigenvalue weighted by molar-refractivity contribution is -0.123. The van der Waals surface area contributed by atoms with Crippen LogP contribution >= 0.6 is 0 Å². The van der Waals surface area contributed by atoms with E-state index in [1.807, 2.05) is 0 Å². The van der Waals surface area contributed by atoms with Crippen LogP contribution in [0.25, 0.3) is 0 Å². The third-order valence-electron chi connectivity index (χ3n) is 6.90. The summed E-state index contributed by atoms with van der Waals surface area (Å²) in [7, 11) is 0. The van der Waals surface area contributed by atoms with Crippen molar-refractivity contribution in [3.8, 4) is 0 Å². The van der Waals surface area contributed by atoms with Crippen molar-refractivity contribution in [3.05, 3.63) is 35.9 Å². The van der Waals surface area contributed by atoms with Crippen molar-refractivity contribution >= 4 is 5.91 Å². The molecule has 0 aromatic heterocycles. The minimum Gasteiger partial charge on any atom is -0.352 e. The van der Waals surface area contributed by atoms with Gasteiger partial charge >= 0.3 is 0 Å². The summed E-state index contributed by atoms with van der Waals surface area (Å²) in [5.74, 6) is 2.76. The fourth-order valence-corrected chi connectivity index (χ4v) is 5.46. The average Bonchev–Trinajstić information content (AvgIpc) is 3.28. The molecule has 3 aliphatic rings. The molecule has 0 unspecified atom stereocenters. The lowest BCUT2D eigenvalue weighted by Gasteiger charge is -2.35. The van der Waals surface area contributed by atoms with E-state index in [-0.39, 0.29) is 5.91 Å². The molecule has 0 spiro atoms. The topological polar surface area (TPSA) is 35.6 Å². The minimum atomic E-state index is 0.219. The van der Waals surface area contributed by atoms with E-state index in [2.05, 4.69) is 52.4 Å². The summed E-state index contributed by atoms with van der Waals surface area (Å²) in [6.07, 6.45) is 5.56. The van der Waals surface area contributed by atoms with Crippen LogP contribution in [-0.2, 0) is 11.3 Å². The molecule has 1 aromatic carbocycles. The van der Waals surface area contributed by atoms with E-state index in [9.17, 15) is 4.79 Å². The maximum absolute atomic E-state index is 12.5. The first-order valence-corrected chi connectivity index (χ1v) is 10.5. The predicted octanol–water partition coefficient (Wildman–Crippen LogP) is 2.75. The molecule has 1 aromatic rings. The Morgan fingerprint density at radius 2 is 1.81 bits per heavy atom. The number of fused-ring (bicyclic) bond motifs is 2. The summed E-state index contributed by atoms with van der Waals surface area (Å²) in [6.45, 7) is 7.87. The van der Waals surface area contributed by atoms with E-state index in [4.69, 9.17) is 0 Å². The Morgan fingerprint density at radius 3 is 2.46 bits per heavy atom. The minimum absolute atomic E-state index is 0.219. The molecule has 4 heteroatoms. The van der Waals surface area contributed by atoms with Crippen molar-refractivity contribution < 1.29 is 4.79 Å². The van der Waals surface area contributed by atoms with Crippen molar-refractivity contribution in [2.45, 2.75) is 45.2 Å². The molecule has 1 heterocycles. The molecule has 1 amide bonds. The van der Waals surface area contributed by atoms with Crippen LogP contribution in [0.3, 0.4) is 0 Å². The first-order chi connectivity index (χ1) is 12.7. The lowest BCUT2D eigenvalue weighted by atomic mass is 9.84. The number of hydrogen-bond acceptors (Lipinski definition) is 3. The van der Waals surface area contributed by atoms with Crippen molar-refractivity contribution in [3.63, 3.8) is 0 Å². The lowest BCUT2D eigenvalue weighted by Crippen LogP contribution is -2.50. The number of carbonyl (C=O) groups is 1. The number of nitrogens with zero attached hydrogens (tertiary/aromatic N) is 2. The Kier molecular flexibility index (Phi) is 5.60. The van der Waals surface area contributed by atoms with E-state index in [0.717, 1.165) is 50.5 Å². The highest BCUT2D eigenvalue weighted by Gasteiger charge is 2.42. The molecule has 0 radical (unpaired) electrons. The Labute approximate surface area is 157 Å². The molecule has 4 nitrogen and oxygen atoms in total. The van der Waals surface area contributed by atoms with Gasteiger partial charge in [-0.1, -0.05) is 36.8 Å². The zero-order chi connectivity index (χ0) is 17.9. The molecule has 142 valence electrons. The van der Waals surface area contributed by atoms with Crippen LogP contribution in [0.5, 0.6) is 0 Å². The summed E-state index contributed by atoms with van der Waals surface area (Å²) < 4.78 is 0. The van der Waals surface area contributed by atoms with E-state index in [1.165, 1.54) is 31.2 Å². The van der Waals surface area contributed by atoms with Crippen LogP contribution in [0.4, 0.5) is 0 Å². The standard InChI is InChI=1S/C22H33N3O/c1-17(21-14-19-7-8-20(21)13-19)23-22(26)16-25-11-9-24(10-12-25)15-18-5-3-2-4-6-18/h2-6,17,19-21H,7-16H2,1H3,(H,23,26)/t17-,19-,20-,21-/m0/s1. The second-order valence-corrected chi connectivity index (χ2v) is 8.73. The second-order valence-electron chi connectivity index (χ2n) is 8.73. The van der Waals surface area contributed by atoms with Gasteiger partial charge in [-0.05, 0) is 49.5 Å². The molecular weight excluding hydrogens is 322 g/mol. The third-order valence-corrected chi connectivity index (χ3v) is 6.90. The Morgan fingerprint density at radius 1 is 1.08 bits per heavy atom. The highest BCUT2D eigenvalue weighted by atomic mass is 16.2. The molecule has 2 saturated carbocycles. The van der Waals surface area contributed by atoms with E-state index in [0.29, 0.717) is 12.6 Å². The Balaban J connectivity index is 1.17. The quantitative estimate of drug-likeness (QED) is 0.852. The highest BCUT2D eigenvalue weighted by Crippen LogP contribution is 2.49. The van der Waals surface area contributed by atoms with Crippen LogP contribution in [-0.4, -0.2) is 54.5 Å². The first kappa shape index (κ1) is 18.0. The Hall–Kier alpha value is -1.39. The van der Waals surface area contributed by atoms with Crippen molar-refractivity contribution in [1.29, 1.82) is 0 Å². The van der Waals surface area contributed by atoms with Crippen molar-refractivity contribution in [1.82, 2.24) is 15.1 Å². The molecular formula is C22H33N3O. The predicted molar refractivity (Wildman–Crippen MR) is 105 cm³/mol. The van der Waals surface area contributed by atoms with Gasteiger partial charge in [-0.3, -0.25) is 14.6 Å². The number of carbonyl (C=O) groups excluding carboxylic acids is 1. The summed E-state index contributed by atoms with van der Waals surface area (Å²) in [6, 6.07) is 11.0. The van der Waals surface area contributed by atoms with Gasteiger partial charge in [-0.2, -0.15) is 0 Å². The van der Waals surface area contributed by atoms with Gasteiger partial charge in [0, 0.05) is 38.8 Å². The zero-order valence-corrected chi connectivity index (χ0v) is 16.1. The monoisotopic (exact) mass is 355 g/mol. The molecule has 2 bridgehead atoms. The number of benzene rings is 1. The average molecular weight is 356 g/mol. The van der Waals surface area contributed by atoms with Gasteiger partial charge in [0.25, 0.3) is 0 Å². The summed E-state index contributed by atoms with van der Waals surface area (Å²) in [5, 5.41) is 3.31. The molecule has 1 saturated heterocycles. The fraction of sp³-hybridized carbons (Fsp3) is 0.682. The smallest absolute Gasteiger partial charge is 0.234 e. The number of nitrogens with one attached hydrogen (secondary N) is 1. The number of rotatable bonds is 6. The van der Waals surface area contributed by atoms with Gasteiger partial charge in [0.15, 0.2) is 0 Å². The Bertz CT molecular complexity index is 597. The molecule has 26 heavy (non-hydrogen) atoms. The summed E-state index contributed by atoms with van der Waals surface area (Å²) in [5.41, 5.74) is 1.37. The molecule has 1 aliphatic heterocycles. The van der Waals surface area contributed by atoms with Gasteiger partial charge in [0.1, 0.15) is 0 Å². The number of hydrogen-bond donors (Lipinski definition) is 1. The normalized spacial score (nSPS) is 30.4. The van der Waals surface area contributed by atoms with Crippen molar-refractivity contribution in [2.24, 2.45) is 17.8 Å².